The third kappa shape index (κ3) is 1.93. The predicted octanol–water partition coefficient (Wildman–Crippen LogP) is 1.63. The Balaban J connectivity index is 2.62. The third-order valence-corrected chi connectivity index (χ3v) is 3.37. The fourth-order valence-corrected chi connectivity index (χ4v) is 2.66. The number of ether oxygens (including phenoxy) is 1. The van der Waals surface area contributed by atoms with Crippen molar-refractivity contribution in [3.05, 3.63) is 23.0 Å². The van der Waals surface area contributed by atoms with Crippen molar-refractivity contribution in [3.63, 3.8) is 0 Å². The average molecular weight is 255 g/mol. The number of hydrogen-bond acceptors (Lipinski definition) is 4. The summed E-state index contributed by atoms with van der Waals surface area (Å²) in [5.74, 6) is -1.89. The molecular formula is C13H18FNO3. The van der Waals surface area contributed by atoms with Gasteiger partial charge in [0.1, 0.15) is 5.60 Å². The number of phenolic OH excluding ortho intramolecular Hbond substituents is 2. The van der Waals surface area contributed by atoms with E-state index in [9.17, 15) is 14.6 Å². The van der Waals surface area contributed by atoms with Gasteiger partial charge >= 0.3 is 0 Å². The molecular weight excluding hydrogens is 237 g/mol. The number of halogens is 1. The summed E-state index contributed by atoms with van der Waals surface area (Å²) >= 11 is 0. The molecule has 1 aliphatic rings. The van der Waals surface area contributed by atoms with Gasteiger partial charge in [-0.15, -0.1) is 0 Å². The molecule has 0 saturated heterocycles. The van der Waals surface area contributed by atoms with E-state index in [0.717, 1.165) is 0 Å². The molecule has 0 amide bonds. The Labute approximate surface area is 105 Å². The van der Waals surface area contributed by atoms with Gasteiger partial charge in [-0.05, 0) is 32.5 Å². The molecule has 0 fully saturated rings. The zero-order valence-electron chi connectivity index (χ0n) is 10.7. The van der Waals surface area contributed by atoms with E-state index >= 15 is 0 Å². The van der Waals surface area contributed by atoms with Gasteiger partial charge in [-0.2, -0.15) is 0 Å². The van der Waals surface area contributed by atoms with E-state index in [1.807, 2.05) is 13.8 Å². The average Bonchev–Trinajstić information content (AvgIpc) is 2.28. The molecule has 0 unspecified atom stereocenters. The molecule has 18 heavy (non-hydrogen) atoms. The number of fused-ring (bicyclic) bond motifs is 1. The number of nitrogens with one attached hydrogen (secondary N) is 1. The third-order valence-electron chi connectivity index (χ3n) is 3.37. The van der Waals surface area contributed by atoms with E-state index in [-0.39, 0.29) is 11.9 Å². The fourth-order valence-electron chi connectivity index (χ4n) is 2.66. The Hall–Kier alpha value is -1.33. The van der Waals surface area contributed by atoms with Gasteiger partial charge in [0.2, 0.25) is 0 Å². The van der Waals surface area contributed by atoms with Crippen molar-refractivity contribution in [2.75, 3.05) is 13.6 Å². The molecule has 0 bridgehead atoms. The topological polar surface area (TPSA) is 61.7 Å². The van der Waals surface area contributed by atoms with Gasteiger partial charge < -0.3 is 20.3 Å². The van der Waals surface area contributed by atoms with Crippen molar-refractivity contribution in [2.24, 2.45) is 0 Å². The highest BCUT2D eigenvalue weighted by Crippen LogP contribution is 2.43. The molecule has 0 aromatic heterocycles. The molecule has 0 spiro atoms. The molecule has 0 radical (unpaired) electrons. The van der Waals surface area contributed by atoms with Gasteiger partial charge in [-0.25, -0.2) is 4.39 Å². The van der Waals surface area contributed by atoms with Crippen LogP contribution in [0.3, 0.4) is 0 Å². The van der Waals surface area contributed by atoms with Crippen molar-refractivity contribution in [2.45, 2.75) is 32.0 Å². The van der Waals surface area contributed by atoms with Crippen molar-refractivity contribution in [1.29, 1.82) is 0 Å². The summed E-state index contributed by atoms with van der Waals surface area (Å²) < 4.78 is 19.4. The molecule has 1 aliphatic heterocycles. The lowest BCUT2D eigenvalue weighted by Crippen LogP contribution is -2.43. The first-order valence-electron chi connectivity index (χ1n) is 5.95. The number of phenols is 2. The molecule has 2 rings (SSSR count). The highest BCUT2D eigenvalue weighted by atomic mass is 19.1. The molecule has 3 N–H and O–H groups in total. The minimum atomic E-state index is -0.827. The summed E-state index contributed by atoms with van der Waals surface area (Å²) in [4.78, 5) is 0. The first-order valence-corrected chi connectivity index (χ1v) is 5.95. The summed E-state index contributed by atoms with van der Waals surface area (Å²) in [5, 5.41) is 22.3. The Morgan fingerprint density at radius 1 is 1.50 bits per heavy atom. The molecule has 2 atom stereocenters. The maximum atomic E-state index is 13.6. The van der Waals surface area contributed by atoms with Crippen molar-refractivity contribution in [1.82, 2.24) is 5.32 Å². The van der Waals surface area contributed by atoms with Gasteiger partial charge in [-0.1, -0.05) is 0 Å². The summed E-state index contributed by atoms with van der Waals surface area (Å²) in [6.45, 7) is 4.22. The molecule has 1 aromatic carbocycles. The van der Waals surface area contributed by atoms with Crippen molar-refractivity contribution >= 4 is 0 Å². The smallest absolute Gasteiger partial charge is 0.194 e. The lowest BCUT2D eigenvalue weighted by Gasteiger charge is -2.39. The predicted molar refractivity (Wildman–Crippen MR) is 65.3 cm³/mol. The van der Waals surface area contributed by atoms with Crippen LogP contribution in [0.25, 0.3) is 0 Å². The lowest BCUT2D eigenvalue weighted by molar-refractivity contribution is -0.0898. The van der Waals surface area contributed by atoms with Crippen LogP contribution in [0.1, 0.15) is 25.0 Å². The Morgan fingerprint density at radius 2 is 2.17 bits per heavy atom. The van der Waals surface area contributed by atoms with Crippen LogP contribution in [0.5, 0.6) is 11.5 Å². The van der Waals surface area contributed by atoms with Crippen LogP contribution >= 0.6 is 0 Å². The van der Waals surface area contributed by atoms with Crippen LogP contribution in [0, 0.1) is 5.82 Å². The zero-order valence-corrected chi connectivity index (χ0v) is 10.7. The van der Waals surface area contributed by atoms with E-state index in [0.29, 0.717) is 24.1 Å². The minimum absolute atomic E-state index is 0.105. The highest BCUT2D eigenvalue weighted by Gasteiger charge is 2.38. The van der Waals surface area contributed by atoms with E-state index in [4.69, 9.17) is 4.74 Å². The summed E-state index contributed by atoms with van der Waals surface area (Å²) in [6, 6.07) is 1.24. The summed E-state index contributed by atoms with van der Waals surface area (Å²) in [6.07, 6.45) is 0.348. The van der Waals surface area contributed by atoms with Gasteiger partial charge in [-0.3, -0.25) is 0 Å². The maximum absolute atomic E-state index is 13.6. The fraction of sp³-hybridized carbons (Fsp3) is 0.538. The molecule has 1 heterocycles. The SMILES string of the molecule is CNC[C@@]1(C)O[C@H](C)Cc2c1cc(F)c(O)c2O. The van der Waals surface area contributed by atoms with Crippen LogP contribution in [0.4, 0.5) is 4.39 Å². The van der Waals surface area contributed by atoms with Crippen LogP contribution in [-0.2, 0) is 16.8 Å². The van der Waals surface area contributed by atoms with Crippen LogP contribution in [0.2, 0.25) is 0 Å². The largest absolute Gasteiger partial charge is 0.504 e. The molecule has 0 saturated carbocycles. The quantitative estimate of drug-likeness (QED) is 0.703. The standard InChI is InChI=1S/C13H18FNO3/c1-7-4-8-9(13(2,18-7)6-15-3)5-10(14)12(17)11(8)16/h5,7,15-17H,4,6H2,1-3H3/t7-,13-/m1/s1. The van der Waals surface area contributed by atoms with Crippen molar-refractivity contribution in [3.8, 4) is 11.5 Å². The van der Waals surface area contributed by atoms with Gasteiger partial charge in [0.15, 0.2) is 17.3 Å². The normalized spacial score (nSPS) is 27.0. The van der Waals surface area contributed by atoms with Gasteiger partial charge in [0, 0.05) is 18.5 Å². The monoisotopic (exact) mass is 255 g/mol. The van der Waals surface area contributed by atoms with Crippen LogP contribution < -0.4 is 5.32 Å². The molecule has 100 valence electrons. The molecule has 4 nitrogen and oxygen atoms in total. The van der Waals surface area contributed by atoms with Gasteiger partial charge in [0.05, 0.1) is 6.10 Å². The minimum Gasteiger partial charge on any atom is -0.504 e. The van der Waals surface area contributed by atoms with Crippen LogP contribution in [0.15, 0.2) is 6.07 Å². The lowest BCUT2D eigenvalue weighted by atomic mass is 9.84. The Kier molecular flexibility index (Phi) is 3.21. The van der Waals surface area contributed by atoms with E-state index < -0.39 is 17.2 Å². The summed E-state index contributed by atoms with van der Waals surface area (Å²) in [5.41, 5.74) is 0.432. The first kappa shape index (κ1) is 13.1. The number of rotatable bonds is 2. The van der Waals surface area contributed by atoms with E-state index in [2.05, 4.69) is 5.32 Å². The van der Waals surface area contributed by atoms with E-state index in [1.54, 1.807) is 7.05 Å². The maximum Gasteiger partial charge on any atom is 0.194 e. The molecule has 1 aromatic rings. The number of likely N-dealkylation sites (N-methyl/N-ethyl adjacent to an activating group) is 1. The second-order valence-corrected chi connectivity index (χ2v) is 4.98. The molecule has 5 heteroatoms. The number of benzene rings is 1. The number of hydrogen-bond donors (Lipinski definition) is 3. The van der Waals surface area contributed by atoms with Crippen molar-refractivity contribution < 1.29 is 19.3 Å². The van der Waals surface area contributed by atoms with Crippen LogP contribution in [-0.4, -0.2) is 29.9 Å². The highest BCUT2D eigenvalue weighted by molar-refractivity contribution is 5.53. The Bertz CT molecular complexity index is 478. The second-order valence-electron chi connectivity index (χ2n) is 4.98. The van der Waals surface area contributed by atoms with E-state index in [1.165, 1.54) is 6.07 Å². The zero-order chi connectivity index (χ0) is 13.5. The van der Waals surface area contributed by atoms with Gasteiger partial charge in [0.25, 0.3) is 0 Å². The molecule has 0 aliphatic carbocycles. The second kappa shape index (κ2) is 4.40. The first-order chi connectivity index (χ1) is 8.39. The Morgan fingerprint density at radius 3 is 2.78 bits per heavy atom. The number of aromatic hydroxyl groups is 2. The summed E-state index contributed by atoms with van der Waals surface area (Å²) in [7, 11) is 1.78.